The Morgan fingerprint density at radius 3 is 2.29 bits per heavy atom. The molecule has 0 heterocycles. The summed E-state index contributed by atoms with van der Waals surface area (Å²) in [6.45, 7) is 3.94. The monoisotopic (exact) mass is 370 g/mol. The van der Waals surface area contributed by atoms with Crippen LogP contribution in [-0.2, 0) is 11.2 Å². The third kappa shape index (κ3) is 3.48. The second-order valence-electron chi connectivity index (χ2n) is 7.48. The standard InChI is InChI=1S/C25H22O3/c1-16(2)17-7-9-18(10-8-17)25(27)28-15-24(26)21-12-11-20-13-19-5-3-4-6-22(19)23(20)14-21/h3-12,14,16H,13,15H2,1-2H3. The fourth-order valence-corrected chi connectivity index (χ4v) is 3.60. The van der Waals surface area contributed by atoms with E-state index >= 15 is 0 Å². The van der Waals surface area contributed by atoms with E-state index in [0.29, 0.717) is 17.0 Å². The minimum absolute atomic E-state index is 0.195. The average Bonchev–Trinajstić information content (AvgIpc) is 3.09. The molecular formula is C25H22O3. The molecule has 0 bridgehead atoms. The van der Waals surface area contributed by atoms with Crippen LogP contribution in [0.4, 0.5) is 0 Å². The molecule has 0 aromatic heterocycles. The van der Waals surface area contributed by atoms with Gasteiger partial charge in [-0.05, 0) is 58.4 Å². The van der Waals surface area contributed by atoms with Crippen LogP contribution in [0.3, 0.4) is 0 Å². The number of hydrogen-bond donors (Lipinski definition) is 0. The van der Waals surface area contributed by atoms with Gasteiger partial charge in [-0.2, -0.15) is 0 Å². The Labute approximate surface area is 165 Å². The molecule has 0 N–H and O–H groups in total. The van der Waals surface area contributed by atoms with Crippen LogP contribution in [0.5, 0.6) is 0 Å². The third-order valence-corrected chi connectivity index (χ3v) is 5.27. The maximum absolute atomic E-state index is 12.6. The number of ketones is 1. The van der Waals surface area contributed by atoms with E-state index in [4.69, 9.17) is 4.74 Å². The SMILES string of the molecule is CC(C)c1ccc(C(=O)OCC(=O)c2ccc3c(c2)-c2ccccc2C3)cc1. The fraction of sp³-hybridized carbons (Fsp3) is 0.200. The molecule has 4 rings (SSSR count). The first-order chi connectivity index (χ1) is 13.5. The molecule has 140 valence electrons. The van der Waals surface area contributed by atoms with E-state index in [9.17, 15) is 9.59 Å². The first kappa shape index (κ1) is 18.2. The van der Waals surface area contributed by atoms with Gasteiger partial charge in [0.1, 0.15) is 0 Å². The molecule has 0 atom stereocenters. The minimum atomic E-state index is -0.477. The van der Waals surface area contributed by atoms with E-state index in [0.717, 1.165) is 17.5 Å². The lowest BCUT2D eigenvalue weighted by molar-refractivity contribution is 0.0475. The maximum atomic E-state index is 12.6. The normalized spacial score (nSPS) is 11.8. The van der Waals surface area contributed by atoms with Crippen molar-refractivity contribution in [2.24, 2.45) is 0 Å². The smallest absolute Gasteiger partial charge is 0.338 e. The number of rotatable bonds is 5. The third-order valence-electron chi connectivity index (χ3n) is 5.27. The molecule has 28 heavy (non-hydrogen) atoms. The molecule has 0 amide bonds. The van der Waals surface area contributed by atoms with Crippen LogP contribution in [-0.4, -0.2) is 18.4 Å². The molecule has 0 unspecified atom stereocenters. The maximum Gasteiger partial charge on any atom is 0.338 e. The Hall–Kier alpha value is -3.20. The van der Waals surface area contributed by atoms with Crippen LogP contribution >= 0.6 is 0 Å². The predicted molar refractivity (Wildman–Crippen MR) is 110 cm³/mol. The lowest BCUT2D eigenvalue weighted by Gasteiger charge is -2.08. The molecular weight excluding hydrogens is 348 g/mol. The lowest BCUT2D eigenvalue weighted by Crippen LogP contribution is -2.14. The number of carbonyl (C=O) groups excluding carboxylic acids is 2. The topological polar surface area (TPSA) is 43.4 Å². The van der Waals surface area contributed by atoms with Gasteiger partial charge >= 0.3 is 5.97 Å². The van der Waals surface area contributed by atoms with Crippen molar-refractivity contribution in [2.45, 2.75) is 26.2 Å². The van der Waals surface area contributed by atoms with Gasteiger partial charge in [0.25, 0.3) is 0 Å². The van der Waals surface area contributed by atoms with Crippen molar-refractivity contribution in [3.63, 3.8) is 0 Å². The fourth-order valence-electron chi connectivity index (χ4n) is 3.60. The number of carbonyl (C=O) groups is 2. The van der Waals surface area contributed by atoms with Gasteiger partial charge in [-0.25, -0.2) is 4.79 Å². The Balaban J connectivity index is 1.44. The van der Waals surface area contributed by atoms with E-state index in [1.165, 1.54) is 16.7 Å². The minimum Gasteiger partial charge on any atom is -0.454 e. The van der Waals surface area contributed by atoms with Crippen molar-refractivity contribution in [2.75, 3.05) is 6.61 Å². The van der Waals surface area contributed by atoms with Crippen molar-refractivity contribution < 1.29 is 14.3 Å². The highest BCUT2D eigenvalue weighted by Crippen LogP contribution is 2.36. The summed E-state index contributed by atoms with van der Waals surface area (Å²) in [4.78, 5) is 24.8. The predicted octanol–water partition coefficient (Wildman–Crippen LogP) is 5.42. The van der Waals surface area contributed by atoms with Crippen molar-refractivity contribution in [3.8, 4) is 11.1 Å². The first-order valence-electron chi connectivity index (χ1n) is 9.54. The molecule has 0 aliphatic heterocycles. The Morgan fingerprint density at radius 1 is 0.857 bits per heavy atom. The van der Waals surface area contributed by atoms with Crippen LogP contribution in [0, 0.1) is 0 Å². The van der Waals surface area contributed by atoms with Crippen molar-refractivity contribution in [1.29, 1.82) is 0 Å². The van der Waals surface area contributed by atoms with Gasteiger partial charge in [-0.1, -0.05) is 62.4 Å². The molecule has 0 radical (unpaired) electrons. The number of benzene rings is 3. The molecule has 0 spiro atoms. The summed E-state index contributed by atoms with van der Waals surface area (Å²) in [5, 5.41) is 0. The number of ether oxygens (including phenoxy) is 1. The molecule has 3 aromatic rings. The molecule has 0 saturated carbocycles. The first-order valence-corrected chi connectivity index (χ1v) is 9.54. The second-order valence-corrected chi connectivity index (χ2v) is 7.48. The van der Waals surface area contributed by atoms with E-state index in [1.807, 2.05) is 42.5 Å². The number of fused-ring (bicyclic) bond motifs is 3. The van der Waals surface area contributed by atoms with Gasteiger partial charge < -0.3 is 4.74 Å². The highest BCUT2D eigenvalue weighted by atomic mass is 16.5. The zero-order valence-corrected chi connectivity index (χ0v) is 16.1. The summed E-state index contributed by atoms with van der Waals surface area (Å²) in [7, 11) is 0. The summed E-state index contributed by atoms with van der Waals surface area (Å²) in [5.74, 6) is -0.272. The molecule has 3 nitrogen and oxygen atoms in total. The van der Waals surface area contributed by atoms with Crippen LogP contribution < -0.4 is 0 Å². The highest BCUT2D eigenvalue weighted by molar-refractivity contribution is 6.00. The quantitative estimate of drug-likeness (QED) is 0.348. The van der Waals surface area contributed by atoms with Gasteiger partial charge in [0.15, 0.2) is 12.4 Å². The summed E-state index contributed by atoms with van der Waals surface area (Å²) in [5.41, 5.74) is 6.95. The average molecular weight is 370 g/mol. The number of esters is 1. The summed E-state index contributed by atoms with van der Waals surface area (Å²) >= 11 is 0. The van der Waals surface area contributed by atoms with Gasteiger partial charge in [-0.3, -0.25) is 4.79 Å². The van der Waals surface area contributed by atoms with Gasteiger partial charge in [0.2, 0.25) is 0 Å². The van der Waals surface area contributed by atoms with E-state index in [2.05, 4.69) is 26.0 Å². The Bertz CT molecular complexity index is 1050. The van der Waals surface area contributed by atoms with E-state index in [1.54, 1.807) is 12.1 Å². The molecule has 0 saturated heterocycles. The zero-order valence-electron chi connectivity index (χ0n) is 16.1. The van der Waals surface area contributed by atoms with Crippen LogP contribution in [0.2, 0.25) is 0 Å². The number of hydrogen-bond acceptors (Lipinski definition) is 3. The van der Waals surface area contributed by atoms with E-state index < -0.39 is 5.97 Å². The van der Waals surface area contributed by atoms with Crippen LogP contribution in [0.25, 0.3) is 11.1 Å². The summed E-state index contributed by atoms with van der Waals surface area (Å²) in [6, 6.07) is 21.3. The second kappa shape index (κ2) is 7.43. The molecule has 1 aliphatic rings. The Kier molecular flexibility index (Phi) is 4.82. The molecule has 1 aliphatic carbocycles. The van der Waals surface area contributed by atoms with Crippen LogP contribution in [0.15, 0.2) is 66.7 Å². The molecule has 3 aromatic carbocycles. The van der Waals surface area contributed by atoms with E-state index in [-0.39, 0.29) is 12.4 Å². The van der Waals surface area contributed by atoms with Crippen molar-refractivity contribution >= 4 is 11.8 Å². The molecule has 0 fully saturated rings. The highest BCUT2D eigenvalue weighted by Gasteiger charge is 2.20. The van der Waals surface area contributed by atoms with Crippen molar-refractivity contribution in [3.05, 3.63) is 94.5 Å². The Morgan fingerprint density at radius 2 is 1.54 bits per heavy atom. The summed E-state index contributed by atoms with van der Waals surface area (Å²) in [6.07, 6.45) is 0.890. The largest absolute Gasteiger partial charge is 0.454 e. The number of Topliss-reactive ketones (excluding diaryl/α,β-unsaturated/α-hetero) is 1. The van der Waals surface area contributed by atoms with Crippen molar-refractivity contribution in [1.82, 2.24) is 0 Å². The lowest BCUT2D eigenvalue weighted by atomic mass is 10.0. The zero-order chi connectivity index (χ0) is 19.7. The van der Waals surface area contributed by atoms with Gasteiger partial charge in [-0.15, -0.1) is 0 Å². The summed E-state index contributed by atoms with van der Waals surface area (Å²) < 4.78 is 5.24. The molecule has 3 heteroatoms. The van der Waals surface area contributed by atoms with Crippen LogP contribution in [0.1, 0.15) is 57.2 Å². The van der Waals surface area contributed by atoms with Gasteiger partial charge in [0, 0.05) is 5.56 Å². The van der Waals surface area contributed by atoms with Gasteiger partial charge in [0.05, 0.1) is 5.56 Å².